The Labute approximate surface area is 126 Å². The summed E-state index contributed by atoms with van der Waals surface area (Å²) >= 11 is 2.00. The summed E-state index contributed by atoms with van der Waals surface area (Å²) in [5, 5.41) is 0. The second kappa shape index (κ2) is 6.17. The Hall–Kier alpha value is -0.690. The van der Waals surface area contributed by atoms with Gasteiger partial charge in [-0.1, -0.05) is 13.3 Å². The van der Waals surface area contributed by atoms with Gasteiger partial charge in [0.2, 0.25) is 0 Å². The van der Waals surface area contributed by atoms with Crippen molar-refractivity contribution < 1.29 is 9.18 Å². The number of benzene rings is 1. The highest BCUT2D eigenvalue weighted by molar-refractivity contribution is 14.1. The van der Waals surface area contributed by atoms with Crippen molar-refractivity contribution in [2.24, 2.45) is 11.7 Å². The Morgan fingerprint density at radius 3 is 2.95 bits per heavy atom. The molecule has 1 saturated heterocycles. The first-order valence-electron chi connectivity index (χ1n) is 6.52. The van der Waals surface area contributed by atoms with Crippen molar-refractivity contribution in [3.8, 4) is 0 Å². The summed E-state index contributed by atoms with van der Waals surface area (Å²) in [4.78, 5) is 14.3. The van der Waals surface area contributed by atoms with Crippen LogP contribution in [0, 0.1) is 15.3 Å². The van der Waals surface area contributed by atoms with Crippen LogP contribution in [0.15, 0.2) is 18.2 Å². The lowest BCUT2D eigenvalue weighted by molar-refractivity contribution is 0.0648. The van der Waals surface area contributed by atoms with Crippen molar-refractivity contribution >= 4 is 28.5 Å². The van der Waals surface area contributed by atoms with Gasteiger partial charge in [0.1, 0.15) is 5.82 Å². The molecule has 0 saturated carbocycles. The Bertz CT molecular complexity index is 481. The van der Waals surface area contributed by atoms with E-state index in [2.05, 4.69) is 6.92 Å². The summed E-state index contributed by atoms with van der Waals surface area (Å²) in [7, 11) is 0. The van der Waals surface area contributed by atoms with Crippen LogP contribution in [0.4, 0.5) is 4.39 Å². The summed E-state index contributed by atoms with van der Waals surface area (Å²) < 4.78 is 13.7. The maximum absolute atomic E-state index is 13.1. The molecule has 1 aromatic carbocycles. The number of amides is 1. The van der Waals surface area contributed by atoms with Crippen LogP contribution in [-0.2, 0) is 0 Å². The van der Waals surface area contributed by atoms with Crippen LogP contribution in [0.25, 0.3) is 0 Å². The van der Waals surface area contributed by atoms with Crippen LogP contribution >= 0.6 is 22.6 Å². The molecule has 0 bridgehead atoms. The fourth-order valence-electron chi connectivity index (χ4n) is 2.50. The summed E-state index contributed by atoms with van der Waals surface area (Å²) in [6.45, 7) is 3.48. The maximum Gasteiger partial charge on any atom is 0.254 e. The minimum absolute atomic E-state index is 0.0187. The summed E-state index contributed by atoms with van der Waals surface area (Å²) in [5.74, 6) is 0.0265. The number of nitrogens with zero attached hydrogens (tertiary/aromatic N) is 1. The number of carbonyl (C=O) groups is 1. The molecule has 5 heteroatoms. The standard InChI is InChI=1S/C14H18FIN2O/c1-2-9-8-18(6-5-13(9)17)14(19)11-4-3-10(15)7-12(11)16/h3-4,7,9,13H,2,5-6,8,17H2,1H3. The summed E-state index contributed by atoms with van der Waals surface area (Å²) in [6.07, 6.45) is 1.81. The van der Waals surface area contributed by atoms with Gasteiger partial charge in [-0.15, -0.1) is 0 Å². The molecule has 2 rings (SSSR count). The number of hydrogen-bond acceptors (Lipinski definition) is 2. The maximum atomic E-state index is 13.1. The average molecular weight is 376 g/mol. The van der Waals surface area contributed by atoms with Crippen molar-refractivity contribution in [3.05, 3.63) is 33.1 Å². The molecule has 104 valence electrons. The lowest BCUT2D eigenvalue weighted by atomic mass is 9.90. The van der Waals surface area contributed by atoms with Crippen LogP contribution in [0.5, 0.6) is 0 Å². The SMILES string of the molecule is CCC1CN(C(=O)c2ccc(F)cc2I)CCC1N. The van der Waals surface area contributed by atoms with E-state index in [1.165, 1.54) is 12.1 Å². The zero-order valence-electron chi connectivity index (χ0n) is 10.9. The van der Waals surface area contributed by atoms with E-state index in [0.717, 1.165) is 12.8 Å². The van der Waals surface area contributed by atoms with E-state index >= 15 is 0 Å². The summed E-state index contributed by atoms with van der Waals surface area (Å²) in [6, 6.07) is 4.47. The first kappa shape index (κ1) is 14.7. The average Bonchev–Trinajstić information content (AvgIpc) is 2.38. The minimum atomic E-state index is -0.312. The molecule has 1 aliphatic heterocycles. The molecule has 1 aliphatic rings. The first-order valence-corrected chi connectivity index (χ1v) is 7.60. The smallest absolute Gasteiger partial charge is 0.254 e. The van der Waals surface area contributed by atoms with Crippen molar-refractivity contribution in [1.29, 1.82) is 0 Å². The number of halogens is 2. The molecule has 0 spiro atoms. The third kappa shape index (κ3) is 3.25. The number of piperidine rings is 1. The van der Waals surface area contributed by atoms with Gasteiger partial charge in [-0.05, 0) is 53.1 Å². The van der Waals surface area contributed by atoms with Gasteiger partial charge in [-0.25, -0.2) is 4.39 Å². The first-order chi connectivity index (χ1) is 9.02. The molecule has 0 aliphatic carbocycles. The van der Waals surface area contributed by atoms with Gasteiger partial charge < -0.3 is 10.6 Å². The predicted octanol–water partition coefficient (Wildman–Crippen LogP) is 2.63. The Morgan fingerprint density at radius 2 is 2.32 bits per heavy atom. The topological polar surface area (TPSA) is 46.3 Å². The van der Waals surface area contributed by atoms with Crippen molar-refractivity contribution in [1.82, 2.24) is 4.90 Å². The largest absolute Gasteiger partial charge is 0.338 e. The molecule has 3 nitrogen and oxygen atoms in total. The molecule has 2 atom stereocenters. The molecule has 2 unspecified atom stereocenters. The molecule has 19 heavy (non-hydrogen) atoms. The van der Waals surface area contributed by atoms with Gasteiger partial charge in [0.15, 0.2) is 0 Å². The van der Waals surface area contributed by atoms with E-state index < -0.39 is 0 Å². The van der Waals surface area contributed by atoms with Crippen molar-refractivity contribution in [2.75, 3.05) is 13.1 Å². The lowest BCUT2D eigenvalue weighted by Crippen LogP contribution is -2.49. The quantitative estimate of drug-likeness (QED) is 0.807. The second-order valence-corrected chi connectivity index (χ2v) is 6.16. The van der Waals surface area contributed by atoms with Crippen LogP contribution in [0.3, 0.4) is 0 Å². The van der Waals surface area contributed by atoms with Gasteiger partial charge in [-0.2, -0.15) is 0 Å². The Morgan fingerprint density at radius 1 is 1.58 bits per heavy atom. The molecular weight excluding hydrogens is 358 g/mol. The fourth-order valence-corrected chi connectivity index (χ4v) is 3.21. The highest BCUT2D eigenvalue weighted by atomic mass is 127. The molecule has 1 amide bonds. The van der Waals surface area contributed by atoms with Gasteiger partial charge >= 0.3 is 0 Å². The van der Waals surface area contributed by atoms with E-state index in [4.69, 9.17) is 5.73 Å². The van der Waals surface area contributed by atoms with Crippen LogP contribution in [-0.4, -0.2) is 29.9 Å². The molecule has 0 radical (unpaired) electrons. The molecule has 1 heterocycles. The Balaban J connectivity index is 2.15. The number of hydrogen-bond donors (Lipinski definition) is 1. The highest BCUT2D eigenvalue weighted by Gasteiger charge is 2.29. The molecule has 2 N–H and O–H groups in total. The monoisotopic (exact) mass is 376 g/mol. The third-order valence-corrected chi connectivity index (χ3v) is 4.66. The van der Waals surface area contributed by atoms with Crippen LogP contribution in [0.1, 0.15) is 30.1 Å². The predicted molar refractivity (Wildman–Crippen MR) is 81.4 cm³/mol. The van der Waals surface area contributed by atoms with Crippen LogP contribution < -0.4 is 5.73 Å². The van der Waals surface area contributed by atoms with Gasteiger partial charge in [0.05, 0.1) is 5.56 Å². The van der Waals surface area contributed by atoms with E-state index in [-0.39, 0.29) is 17.8 Å². The lowest BCUT2D eigenvalue weighted by Gasteiger charge is -2.36. The van der Waals surface area contributed by atoms with Crippen LogP contribution in [0.2, 0.25) is 0 Å². The molecule has 1 fully saturated rings. The Kier molecular flexibility index (Phi) is 4.78. The van der Waals surface area contributed by atoms with Gasteiger partial charge in [0, 0.05) is 22.7 Å². The highest BCUT2D eigenvalue weighted by Crippen LogP contribution is 2.22. The molecule has 1 aromatic rings. The van der Waals surface area contributed by atoms with Crippen molar-refractivity contribution in [2.45, 2.75) is 25.8 Å². The van der Waals surface area contributed by atoms with Gasteiger partial charge in [0.25, 0.3) is 5.91 Å². The van der Waals surface area contributed by atoms with E-state index in [9.17, 15) is 9.18 Å². The zero-order chi connectivity index (χ0) is 14.0. The van der Waals surface area contributed by atoms with E-state index in [1.807, 2.05) is 27.5 Å². The molecular formula is C14H18FIN2O. The van der Waals surface area contributed by atoms with E-state index in [1.54, 1.807) is 6.07 Å². The number of nitrogens with two attached hydrogens (primary N) is 1. The zero-order valence-corrected chi connectivity index (χ0v) is 13.1. The van der Waals surface area contributed by atoms with E-state index in [0.29, 0.717) is 28.1 Å². The second-order valence-electron chi connectivity index (χ2n) is 5.00. The molecule has 0 aromatic heterocycles. The summed E-state index contributed by atoms with van der Waals surface area (Å²) in [5.41, 5.74) is 6.63. The number of likely N-dealkylation sites (tertiary alicyclic amines) is 1. The third-order valence-electron chi connectivity index (χ3n) is 3.77. The van der Waals surface area contributed by atoms with Gasteiger partial charge in [-0.3, -0.25) is 4.79 Å². The number of rotatable bonds is 2. The number of carbonyl (C=O) groups excluding carboxylic acids is 1. The van der Waals surface area contributed by atoms with Crippen molar-refractivity contribution in [3.63, 3.8) is 0 Å². The fraction of sp³-hybridized carbons (Fsp3) is 0.500. The minimum Gasteiger partial charge on any atom is -0.338 e. The normalized spacial score (nSPS) is 23.5.